The maximum absolute atomic E-state index is 10.6. The Morgan fingerprint density at radius 1 is 0.905 bits per heavy atom. The molecule has 0 bridgehead atoms. The third-order valence-corrected chi connectivity index (χ3v) is 5.51. The van der Waals surface area contributed by atoms with Crippen LogP contribution < -0.4 is 0 Å². The normalized spacial score (nSPS) is 17.6. The first-order chi connectivity index (χ1) is 10.3. The van der Waals surface area contributed by atoms with Crippen molar-refractivity contribution in [3.05, 3.63) is 68.8 Å². The van der Waals surface area contributed by atoms with E-state index in [1.807, 2.05) is 24.3 Å². The maximum atomic E-state index is 10.6. The van der Waals surface area contributed by atoms with Gasteiger partial charge in [-0.3, -0.25) is 0 Å². The zero-order valence-electron chi connectivity index (χ0n) is 12.1. The number of hydrogen-bond acceptors (Lipinski definition) is 1. The fourth-order valence-corrected chi connectivity index (χ4v) is 3.95. The largest absolute Gasteiger partial charge is 0.384 e. The first-order valence-corrected chi connectivity index (χ1v) is 8.86. The van der Waals surface area contributed by atoms with E-state index in [2.05, 4.69) is 46.9 Å². The quantitative estimate of drug-likeness (QED) is 0.692. The highest BCUT2D eigenvalue weighted by molar-refractivity contribution is 14.1. The minimum Gasteiger partial charge on any atom is -0.384 e. The van der Waals surface area contributed by atoms with E-state index in [0.29, 0.717) is 0 Å². The summed E-state index contributed by atoms with van der Waals surface area (Å²) in [5.41, 5.74) is 3.41. The highest BCUT2D eigenvalue weighted by atomic mass is 127. The second-order valence-electron chi connectivity index (χ2n) is 5.93. The van der Waals surface area contributed by atoms with Crippen molar-refractivity contribution >= 4 is 22.6 Å². The molecule has 2 aromatic rings. The van der Waals surface area contributed by atoms with E-state index in [9.17, 15) is 5.11 Å². The van der Waals surface area contributed by atoms with Gasteiger partial charge < -0.3 is 5.11 Å². The molecule has 1 atom stereocenters. The van der Waals surface area contributed by atoms with Crippen LogP contribution in [0.15, 0.2) is 48.5 Å². The van der Waals surface area contributed by atoms with Gasteiger partial charge in [-0.25, -0.2) is 0 Å². The average Bonchev–Trinajstić information content (AvgIpc) is 2.56. The van der Waals surface area contributed by atoms with Crippen LogP contribution in [0.25, 0.3) is 0 Å². The topological polar surface area (TPSA) is 20.2 Å². The molecule has 0 amide bonds. The Labute approximate surface area is 140 Å². The monoisotopic (exact) mass is 392 g/mol. The van der Waals surface area contributed by atoms with Crippen LogP contribution in [0.1, 0.15) is 60.8 Å². The van der Waals surface area contributed by atoms with E-state index >= 15 is 0 Å². The molecule has 0 aliphatic heterocycles. The third-order valence-electron chi connectivity index (χ3n) is 4.53. The predicted octanol–water partition coefficient (Wildman–Crippen LogP) is 5.42. The predicted molar refractivity (Wildman–Crippen MR) is 95.5 cm³/mol. The molecular formula is C19H21IO. The van der Waals surface area contributed by atoms with Gasteiger partial charge in [0.1, 0.15) is 6.10 Å². The number of benzene rings is 2. The molecule has 0 radical (unpaired) electrons. The summed E-state index contributed by atoms with van der Waals surface area (Å²) in [6.45, 7) is 0. The van der Waals surface area contributed by atoms with Gasteiger partial charge in [-0.2, -0.15) is 0 Å². The van der Waals surface area contributed by atoms with Crippen LogP contribution >= 0.6 is 22.6 Å². The first kappa shape index (κ1) is 15.0. The fraction of sp³-hybridized carbons (Fsp3) is 0.368. The Kier molecular flexibility index (Phi) is 4.96. The van der Waals surface area contributed by atoms with Gasteiger partial charge in [0.15, 0.2) is 0 Å². The van der Waals surface area contributed by atoms with Crippen molar-refractivity contribution in [2.24, 2.45) is 0 Å². The van der Waals surface area contributed by atoms with E-state index < -0.39 is 6.10 Å². The van der Waals surface area contributed by atoms with Gasteiger partial charge in [-0.15, -0.1) is 0 Å². The molecular weight excluding hydrogens is 371 g/mol. The number of aliphatic hydroxyl groups is 1. The first-order valence-electron chi connectivity index (χ1n) is 7.78. The molecule has 21 heavy (non-hydrogen) atoms. The lowest BCUT2D eigenvalue weighted by atomic mass is 9.83. The number of halogens is 1. The second-order valence-corrected chi connectivity index (χ2v) is 7.09. The SMILES string of the molecule is OC(c1ccc(C2CCCCC2)cc1)c1ccccc1I. The summed E-state index contributed by atoms with van der Waals surface area (Å²) >= 11 is 2.28. The molecule has 0 aromatic heterocycles. The molecule has 1 unspecified atom stereocenters. The molecule has 1 nitrogen and oxygen atoms in total. The lowest BCUT2D eigenvalue weighted by Crippen LogP contribution is -2.06. The van der Waals surface area contributed by atoms with E-state index in [1.54, 1.807) is 0 Å². The van der Waals surface area contributed by atoms with Crippen molar-refractivity contribution in [1.82, 2.24) is 0 Å². The average molecular weight is 392 g/mol. The van der Waals surface area contributed by atoms with Gasteiger partial charge in [-0.1, -0.05) is 61.7 Å². The number of aliphatic hydroxyl groups excluding tert-OH is 1. The van der Waals surface area contributed by atoms with Gasteiger partial charge in [0.25, 0.3) is 0 Å². The van der Waals surface area contributed by atoms with Crippen molar-refractivity contribution < 1.29 is 5.11 Å². The van der Waals surface area contributed by atoms with Crippen molar-refractivity contribution in [1.29, 1.82) is 0 Å². The van der Waals surface area contributed by atoms with Gasteiger partial charge >= 0.3 is 0 Å². The van der Waals surface area contributed by atoms with Crippen LogP contribution in [0.2, 0.25) is 0 Å². The van der Waals surface area contributed by atoms with Gasteiger partial charge in [0, 0.05) is 3.57 Å². The number of rotatable bonds is 3. The summed E-state index contributed by atoms with van der Waals surface area (Å²) < 4.78 is 1.11. The third kappa shape index (κ3) is 3.49. The molecule has 1 N–H and O–H groups in total. The van der Waals surface area contributed by atoms with Crippen molar-refractivity contribution in [2.45, 2.75) is 44.1 Å². The molecule has 0 spiro atoms. The van der Waals surface area contributed by atoms with Crippen molar-refractivity contribution in [3.8, 4) is 0 Å². The fourth-order valence-electron chi connectivity index (χ4n) is 3.26. The lowest BCUT2D eigenvalue weighted by Gasteiger charge is -2.22. The summed E-state index contributed by atoms with van der Waals surface area (Å²) in [6.07, 6.45) is 6.21. The Hall–Kier alpha value is -0.870. The second kappa shape index (κ2) is 6.93. The van der Waals surface area contributed by atoms with E-state index in [-0.39, 0.29) is 0 Å². The molecule has 1 aliphatic rings. The minimum absolute atomic E-state index is 0.529. The molecule has 2 heteroatoms. The van der Waals surface area contributed by atoms with Crippen molar-refractivity contribution in [2.75, 3.05) is 0 Å². The molecule has 0 saturated heterocycles. The van der Waals surface area contributed by atoms with Crippen LogP contribution in [-0.4, -0.2) is 5.11 Å². The molecule has 3 rings (SSSR count). The van der Waals surface area contributed by atoms with Crippen LogP contribution in [-0.2, 0) is 0 Å². The molecule has 1 fully saturated rings. The van der Waals surface area contributed by atoms with Crippen LogP contribution in [0.3, 0.4) is 0 Å². The Morgan fingerprint density at radius 3 is 2.24 bits per heavy atom. The molecule has 1 aliphatic carbocycles. The van der Waals surface area contributed by atoms with Crippen LogP contribution in [0.4, 0.5) is 0 Å². The number of hydrogen-bond donors (Lipinski definition) is 1. The summed E-state index contributed by atoms with van der Waals surface area (Å²) in [5.74, 6) is 0.724. The van der Waals surface area contributed by atoms with E-state index in [1.165, 1.54) is 37.7 Å². The molecule has 110 valence electrons. The van der Waals surface area contributed by atoms with E-state index in [4.69, 9.17) is 0 Å². The van der Waals surface area contributed by atoms with Crippen LogP contribution in [0, 0.1) is 3.57 Å². The Morgan fingerprint density at radius 2 is 1.57 bits per heavy atom. The molecule has 0 heterocycles. The molecule has 2 aromatic carbocycles. The highest BCUT2D eigenvalue weighted by Crippen LogP contribution is 2.33. The van der Waals surface area contributed by atoms with E-state index in [0.717, 1.165) is 20.6 Å². The standard InChI is InChI=1S/C19H21IO/c20-18-9-5-4-8-17(18)19(21)16-12-10-15(11-13-16)14-6-2-1-3-7-14/h4-5,8-14,19,21H,1-3,6-7H2. The van der Waals surface area contributed by atoms with Gasteiger partial charge in [0.05, 0.1) is 0 Å². The zero-order valence-corrected chi connectivity index (χ0v) is 14.3. The lowest BCUT2D eigenvalue weighted by molar-refractivity contribution is 0.219. The smallest absolute Gasteiger partial charge is 0.105 e. The summed E-state index contributed by atoms with van der Waals surface area (Å²) in [7, 11) is 0. The summed E-state index contributed by atoms with van der Waals surface area (Å²) in [6, 6.07) is 16.6. The van der Waals surface area contributed by atoms with Gasteiger partial charge in [0.2, 0.25) is 0 Å². The van der Waals surface area contributed by atoms with Crippen molar-refractivity contribution in [3.63, 3.8) is 0 Å². The summed E-state index contributed by atoms with van der Waals surface area (Å²) in [5, 5.41) is 10.6. The Bertz CT molecular complexity index is 585. The van der Waals surface area contributed by atoms with Gasteiger partial charge in [-0.05, 0) is 64.1 Å². The highest BCUT2D eigenvalue weighted by Gasteiger charge is 2.17. The zero-order chi connectivity index (χ0) is 14.7. The Balaban J connectivity index is 1.79. The minimum atomic E-state index is -0.529. The van der Waals surface area contributed by atoms with Crippen LogP contribution in [0.5, 0.6) is 0 Å². The summed E-state index contributed by atoms with van der Waals surface area (Å²) in [4.78, 5) is 0. The molecule has 1 saturated carbocycles. The maximum Gasteiger partial charge on any atom is 0.105 e.